The zero-order valence-electron chi connectivity index (χ0n) is 22.7. The number of nitrogens with zero attached hydrogens (tertiary/aromatic N) is 2. The van der Waals surface area contributed by atoms with E-state index in [4.69, 9.17) is 0 Å². The molecule has 0 saturated carbocycles. The van der Waals surface area contributed by atoms with Gasteiger partial charge in [0.2, 0.25) is 0 Å². The standard InChI is InChI=1S/C39H26N2/c1-25-20-37(41-24-40-25)30-18-19-35-36(23-30)39(32-17-15-27-9-3-5-11-29(27)22-32)34-13-7-6-12-33(34)38(35)31-16-14-26-8-2-4-10-28(26)21-31/h2-24H,1H3. The van der Waals surface area contributed by atoms with Crippen LogP contribution >= 0.6 is 0 Å². The fourth-order valence-corrected chi connectivity index (χ4v) is 6.26. The van der Waals surface area contributed by atoms with Crippen molar-refractivity contribution in [2.45, 2.75) is 6.92 Å². The molecule has 0 aliphatic carbocycles. The van der Waals surface area contributed by atoms with Crippen molar-refractivity contribution in [1.82, 2.24) is 9.97 Å². The van der Waals surface area contributed by atoms with Gasteiger partial charge in [-0.25, -0.2) is 9.97 Å². The SMILES string of the molecule is Cc1cc(-c2ccc3c(-c4ccc5ccccc5c4)c4ccccc4c(-c4ccc5ccccc5c4)c3c2)ncn1. The molecule has 7 aromatic carbocycles. The van der Waals surface area contributed by atoms with Crippen LogP contribution in [-0.2, 0) is 0 Å². The van der Waals surface area contributed by atoms with Gasteiger partial charge in [0.25, 0.3) is 0 Å². The van der Waals surface area contributed by atoms with E-state index in [-0.39, 0.29) is 0 Å². The van der Waals surface area contributed by atoms with Crippen LogP contribution in [0, 0.1) is 6.92 Å². The van der Waals surface area contributed by atoms with Crippen LogP contribution in [0.4, 0.5) is 0 Å². The van der Waals surface area contributed by atoms with Crippen LogP contribution in [0.5, 0.6) is 0 Å². The summed E-state index contributed by atoms with van der Waals surface area (Å²) in [5.41, 5.74) is 7.93. The molecule has 0 aliphatic rings. The van der Waals surface area contributed by atoms with E-state index in [1.54, 1.807) is 6.33 Å². The molecule has 0 atom stereocenters. The molecule has 8 rings (SSSR count). The van der Waals surface area contributed by atoms with Crippen molar-refractivity contribution in [1.29, 1.82) is 0 Å². The number of rotatable bonds is 3. The molecule has 0 bridgehead atoms. The number of fused-ring (bicyclic) bond motifs is 4. The molecular weight excluding hydrogens is 496 g/mol. The van der Waals surface area contributed by atoms with E-state index < -0.39 is 0 Å². The van der Waals surface area contributed by atoms with Crippen LogP contribution in [-0.4, -0.2) is 9.97 Å². The fourth-order valence-electron chi connectivity index (χ4n) is 6.26. The Bertz CT molecular complexity index is 2280. The van der Waals surface area contributed by atoms with Crippen LogP contribution in [0.1, 0.15) is 5.69 Å². The van der Waals surface area contributed by atoms with Crippen LogP contribution in [0.2, 0.25) is 0 Å². The molecular formula is C39H26N2. The predicted molar refractivity (Wildman–Crippen MR) is 173 cm³/mol. The highest BCUT2D eigenvalue weighted by Gasteiger charge is 2.18. The van der Waals surface area contributed by atoms with Crippen LogP contribution in [0.15, 0.2) is 140 Å². The molecule has 0 N–H and O–H groups in total. The molecule has 0 amide bonds. The Morgan fingerprint density at radius 3 is 1.51 bits per heavy atom. The number of hydrogen-bond donors (Lipinski definition) is 0. The average Bonchev–Trinajstić information content (AvgIpc) is 3.03. The van der Waals surface area contributed by atoms with E-state index in [9.17, 15) is 0 Å². The molecule has 8 aromatic rings. The van der Waals surface area contributed by atoms with E-state index in [1.165, 1.54) is 65.3 Å². The van der Waals surface area contributed by atoms with Gasteiger partial charge in [-0.1, -0.05) is 109 Å². The molecule has 2 nitrogen and oxygen atoms in total. The van der Waals surface area contributed by atoms with Crippen molar-refractivity contribution < 1.29 is 0 Å². The molecule has 1 aromatic heterocycles. The zero-order chi connectivity index (χ0) is 27.3. The van der Waals surface area contributed by atoms with Gasteiger partial charge in [0.1, 0.15) is 6.33 Å². The molecule has 0 radical (unpaired) electrons. The van der Waals surface area contributed by atoms with Crippen LogP contribution in [0.25, 0.3) is 76.6 Å². The van der Waals surface area contributed by atoms with E-state index in [2.05, 4.69) is 143 Å². The van der Waals surface area contributed by atoms with E-state index in [0.29, 0.717) is 0 Å². The Labute approximate surface area is 238 Å². The molecule has 41 heavy (non-hydrogen) atoms. The van der Waals surface area contributed by atoms with Gasteiger partial charge in [-0.15, -0.1) is 0 Å². The summed E-state index contributed by atoms with van der Waals surface area (Å²) in [6.07, 6.45) is 1.65. The first-order valence-electron chi connectivity index (χ1n) is 14.0. The molecule has 0 fully saturated rings. The number of aryl methyl sites for hydroxylation is 1. The quantitative estimate of drug-likeness (QED) is 0.216. The van der Waals surface area contributed by atoms with Gasteiger partial charge in [-0.2, -0.15) is 0 Å². The van der Waals surface area contributed by atoms with E-state index >= 15 is 0 Å². The Hall–Kier alpha value is -5.34. The fraction of sp³-hybridized carbons (Fsp3) is 0.0256. The van der Waals surface area contributed by atoms with E-state index in [1.807, 2.05) is 6.92 Å². The highest BCUT2D eigenvalue weighted by Crippen LogP contribution is 2.45. The van der Waals surface area contributed by atoms with Gasteiger partial charge in [0.05, 0.1) is 5.69 Å². The molecule has 0 saturated heterocycles. The second-order valence-corrected chi connectivity index (χ2v) is 10.7. The zero-order valence-corrected chi connectivity index (χ0v) is 22.7. The van der Waals surface area contributed by atoms with Crippen LogP contribution < -0.4 is 0 Å². The predicted octanol–water partition coefficient (Wildman–Crippen LogP) is 10.4. The Balaban J connectivity index is 1.51. The summed E-state index contributed by atoms with van der Waals surface area (Å²) in [7, 11) is 0. The lowest BCUT2D eigenvalue weighted by atomic mass is 9.84. The Morgan fingerprint density at radius 1 is 0.390 bits per heavy atom. The maximum atomic E-state index is 4.63. The van der Waals surface area contributed by atoms with Gasteiger partial charge in [0.15, 0.2) is 0 Å². The Kier molecular flexibility index (Phi) is 5.39. The monoisotopic (exact) mass is 522 g/mol. The topological polar surface area (TPSA) is 25.8 Å². The van der Waals surface area contributed by atoms with Crippen molar-refractivity contribution in [3.8, 4) is 33.5 Å². The highest BCUT2D eigenvalue weighted by atomic mass is 14.8. The summed E-state index contributed by atoms with van der Waals surface area (Å²) in [5.74, 6) is 0. The second-order valence-electron chi connectivity index (χ2n) is 10.7. The summed E-state index contributed by atoms with van der Waals surface area (Å²) >= 11 is 0. The minimum Gasteiger partial charge on any atom is -0.242 e. The van der Waals surface area contributed by atoms with Gasteiger partial charge < -0.3 is 0 Å². The summed E-state index contributed by atoms with van der Waals surface area (Å²) in [5, 5.41) is 9.93. The van der Waals surface area contributed by atoms with Gasteiger partial charge in [-0.05, 0) is 96.5 Å². The maximum absolute atomic E-state index is 4.63. The number of hydrogen-bond acceptors (Lipinski definition) is 2. The lowest BCUT2D eigenvalue weighted by Gasteiger charge is -2.19. The smallest absolute Gasteiger partial charge is 0.116 e. The molecule has 0 aliphatic heterocycles. The number of benzene rings is 7. The first-order chi connectivity index (χ1) is 20.2. The van der Waals surface area contributed by atoms with Gasteiger partial charge >= 0.3 is 0 Å². The van der Waals surface area contributed by atoms with Gasteiger partial charge in [0, 0.05) is 11.3 Å². The molecule has 192 valence electrons. The minimum absolute atomic E-state index is 0.935. The maximum Gasteiger partial charge on any atom is 0.116 e. The van der Waals surface area contributed by atoms with E-state index in [0.717, 1.165) is 17.0 Å². The lowest BCUT2D eigenvalue weighted by molar-refractivity contribution is 1.11. The van der Waals surface area contributed by atoms with Crippen molar-refractivity contribution in [2.75, 3.05) is 0 Å². The Morgan fingerprint density at radius 2 is 0.902 bits per heavy atom. The first-order valence-corrected chi connectivity index (χ1v) is 14.0. The van der Waals surface area contributed by atoms with Crippen LogP contribution in [0.3, 0.4) is 0 Å². The first kappa shape index (κ1) is 23.5. The minimum atomic E-state index is 0.935. The molecule has 2 heteroatoms. The third-order valence-electron chi connectivity index (χ3n) is 8.20. The summed E-state index contributed by atoms with van der Waals surface area (Å²) in [6, 6.07) is 48.5. The van der Waals surface area contributed by atoms with Gasteiger partial charge in [-0.3, -0.25) is 0 Å². The van der Waals surface area contributed by atoms with Crippen molar-refractivity contribution in [3.63, 3.8) is 0 Å². The molecule has 0 unspecified atom stereocenters. The summed E-state index contributed by atoms with van der Waals surface area (Å²) < 4.78 is 0. The third-order valence-corrected chi connectivity index (χ3v) is 8.20. The average molecular weight is 523 g/mol. The lowest BCUT2D eigenvalue weighted by Crippen LogP contribution is -1.93. The largest absolute Gasteiger partial charge is 0.242 e. The summed E-state index contributed by atoms with van der Waals surface area (Å²) in [6.45, 7) is 2.01. The summed E-state index contributed by atoms with van der Waals surface area (Å²) in [4.78, 5) is 8.96. The highest BCUT2D eigenvalue weighted by molar-refractivity contribution is 6.22. The normalized spacial score (nSPS) is 11.5. The van der Waals surface area contributed by atoms with Crippen molar-refractivity contribution in [3.05, 3.63) is 145 Å². The molecule has 1 heterocycles. The van der Waals surface area contributed by atoms with Crippen molar-refractivity contribution in [2.24, 2.45) is 0 Å². The number of aromatic nitrogens is 2. The third kappa shape index (κ3) is 3.96. The second kappa shape index (κ2) is 9.39. The molecule has 0 spiro atoms. The van der Waals surface area contributed by atoms with Crippen molar-refractivity contribution >= 4 is 43.1 Å².